The van der Waals surface area contributed by atoms with Gasteiger partial charge in [-0.1, -0.05) is 65.3 Å². The van der Waals surface area contributed by atoms with Gasteiger partial charge in [0, 0.05) is 21.7 Å². The van der Waals surface area contributed by atoms with Gasteiger partial charge in [0.05, 0.1) is 16.9 Å². The van der Waals surface area contributed by atoms with Crippen LogP contribution in [0.4, 0.5) is 5.69 Å². The topological polar surface area (TPSA) is 32.7 Å². The highest BCUT2D eigenvalue weighted by molar-refractivity contribution is 7.99. The molecule has 0 fully saturated rings. The molecule has 0 aliphatic heterocycles. The minimum absolute atomic E-state index is 0.198. The molecule has 0 aromatic heterocycles. The summed E-state index contributed by atoms with van der Waals surface area (Å²) >= 11 is 13.9. The summed E-state index contributed by atoms with van der Waals surface area (Å²) < 4.78 is 0. The summed E-state index contributed by atoms with van der Waals surface area (Å²) in [7, 11) is 0. The Balaban J connectivity index is 1.82. The maximum Gasteiger partial charge on any atom is 0.244 e. The van der Waals surface area contributed by atoms with Gasteiger partial charge in [0.1, 0.15) is 0 Å². The molecule has 136 valence electrons. The summed E-state index contributed by atoms with van der Waals surface area (Å²) in [5.74, 6) is -0.198. The molecule has 0 atom stereocenters. The first kappa shape index (κ1) is 19.5. The first-order valence-corrected chi connectivity index (χ1v) is 9.73. The first-order valence-electron chi connectivity index (χ1n) is 8.15. The second-order valence-corrected chi connectivity index (χ2v) is 7.62. The molecule has 3 aromatic carbocycles. The van der Waals surface area contributed by atoms with Crippen molar-refractivity contribution in [2.24, 2.45) is 5.10 Å². The molecule has 0 saturated carbocycles. The van der Waals surface area contributed by atoms with Crippen LogP contribution >= 0.6 is 35.0 Å². The van der Waals surface area contributed by atoms with Gasteiger partial charge in [-0.2, -0.15) is 5.10 Å². The van der Waals surface area contributed by atoms with Crippen molar-refractivity contribution < 1.29 is 4.79 Å². The van der Waals surface area contributed by atoms with E-state index in [0.717, 1.165) is 15.4 Å². The number of rotatable bonds is 5. The fourth-order valence-electron chi connectivity index (χ4n) is 2.33. The molecule has 3 nitrogen and oxygen atoms in total. The van der Waals surface area contributed by atoms with E-state index in [1.54, 1.807) is 12.3 Å². The number of carbonyl (C=O) groups is 1. The Morgan fingerprint density at radius 3 is 2.33 bits per heavy atom. The smallest absolute Gasteiger partial charge is 0.244 e. The maximum atomic E-state index is 12.0. The molecule has 3 aromatic rings. The van der Waals surface area contributed by atoms with Crippen LogP contribution < -0.4 is 5.01 Å². The summed E-state index contributed by atoms with van der Waals surface area (Å²) in [6, 6.07) is 22.6. The van der Waals surface area contributed by atoms with E-state index in [2.05, 4.69) is 5.10 Å². The Morgan fingerprint density at radius 2 is 1.70 bits per heavy atom. The van der Waals surface area contributed by atoms with Gasteiger partial charge in [0.15, 0.2) is 0 Å². The Bertz CT molecular complexity index is 960. The van der Waals surface area contributed by atoms with Crippen LogP contribution in [0.1, 0.15) is 12.5 Å². The lowest BCUT2D eigenvalue weighted by Crippen LogP contribution is -2.22. The highest BCUT2D eigenvalue weighted by Crippen LogP contribution is 2.36. The lowest BCUT2D eigenvalue weighted by atomic mass is 10.2. The van der Waals surface area contributed by atoms with Crippen molar-refractivity contribution in [1.82, 2.24) is 0 Å². The van der Waals surface area contributed by atoms with Crippen molar-refractivity contribution >= 4 is 52.8 Å². The molecule has 27 heavy (non-hydrogen) atoms. The van der Waals surface area contributed by atoms with Crippen molar-refractivity contribution in [3.63, 3.8) is 0 Å². The molecule has 0 heterocycles. The molecule has 0 bridgehead atoms. The largest absolute Gasteiger partial charge is 0.273 e. The Kier molecular flexibility index (Phi) is 6.56. The third-order valence-corrected chi connectivity index (χ3v) is 5.38. The lowest BCUT2D eigenvalue weighted by Gasteiger charge is -2.16. The quantitative estimate of drug-likeness (QED) is 0.351. The average molecular weight is 415 g/mol. The van der Waals surface area contributed by atoms with E-state index in [9.17, 15) is 4.79 Å². The van der Waals surface area contributed by atoms with Gasteiger partial charge in [-0.15, -0.1) is 0 Å². The monoisotopic (exact) mass is 414 g/mol. The van der Waals surface area contributed by atoms with Crippen molar-refractivity contribution in [3.05, 3.63) is 88.4 Å². The van der Waals surface area contributed by atoms with Gasteiger partial charge in [0.2, 0.25) is 5.91 Å². The maximum absolute atomic E-state index is 12.0. The van der Waals surface area contributed by atoms with Gasteiger partial charge in [-0.3, -0.25) is 4.79 Å². The number of carbonyl (C=O) groups excluding carboxylic acids is 1. The number of anilines is 1. The van der Waals surface area contributed by atoms with Crippen LogP contribution in [0.2, 0.25) is 10.0 Å². The molecule has 0 aliphatic carbocycles. The minimum atomic E-state index is -0.198. The van der Waals surface area contributed by atoms with Crippen molar-refractivity contribution in [2.75, 3.05) is 5.01 Å². The second-order valence-electron chi connectivity index (χ2n) is 5.66. The van der Waals surface area contributed by atoms with E-state index in [4.69, 9.17) is 23.2 Å². The molecule has 0 saturated heterocycles. The first-order chi connectivity index (χ1) is 13.0. The fourth-order valence-corrected chi connectivity index (χ4v) is 3.56. The normalized spacial score (nSPS) is 10.9. The summed E-state index contributed by atoms with van der Waals surface area (Å²) in [6.45, 7) is 1.46. The molecule has 0 aliphatic rings. The average Bonchev–Trinajstić information content (AvgIpc) is 2.66. The third kappa shape index (κ3) is 5.36. The summed E-state index contributed by atoms with van der Waals surface area (Å²) in [5, 5.41) is 6.87. The standard InChI is InChI=1S/C21H16Cl2N2OS/c1-15(26)25(24-14-16-5-3-2-4-6-16)18-9-12-21(20(23)13-18)27-19-10-7-17(22)8-11-19/h2-14H,1H3/b24-14+. The molecule has 0 unspecified atom stereocenters. The Hall–Kier alpha value is -2.27. The highest BCUT2D eigenvalue weighted by Gasteiger charge is 2.13. The van der Waals surface area contributed by atoms with Crippen LogP contribution in [0.25, 0.3) is 0 Å². The van der Waals surface area contributed by atoms with Gasteiger partial charge >= 0.3 is 0 Å². The number of hydrogen-bond acceptors (Lipinski definition) is 3. The minimum Gasteiger partial charge on any atom is -0.273 e. The summed E-state index contributed by atoms with van der Waals surface area (Å²) in [5.41, 5.74) is 1.52. The molecular weight excluding hydrogens is 399 g/mol. The van der Waals surface area contributed by atoms with E-state index < -0.39 is 0 Å². The van der Waals surface area contributed by atoms with Crippen LogP contribution in [0.5, 0.6) is 0 Å². The summed E-state index contributed by atoms with van der Waals surface area (Å²) in [6.07, 6.45) is 1.64. The van der Waals surface area contributed by atoms with E-state index in [0.29, 0.717) is 15.7 Å². The Morgan fingerprint density at radius 1 is 1.00 bits per heavy atom. The number of nitrogens with zero attached hydrogens (tertiary/aromatic N) is 2. The molecule has 1 amide bonds. The van der Waals surface area contributed by atoms with Crippen molar-refractivity contribution in [1.29, 1.82) is 0 Å². The van der Waals surface area contributed by atoms with Crippen LogP contribution in [-0.4, -0.2) is 12.1 Å². The molecular formula is C21H16Cl2N2OS. The molecule has 6 heteroatoms. The number of halogens is 2. The zero-order valence-electron chi connectivity index (χ0n) is 14.5. The van der Waals surface area contributed by atoms with Gasteiger partial charge in [-0.25, -0.2) is 5.01 Å². The van der Waals surface area contributed by atoms with E-state index in [-0.39, 0.29) is 5.91 Å². The van der Waals surface area contributed by atoms with Crippen LogP contribution in [0.3, 0.4) is 0 Å². The van der Waals surface area contributed by atoms with Gasteiger partial charge in [-0.05, 0) is 48.0 Å². The zero-order chi connectivity index (χ0) is 19.2. The molecule has 0 spiro atoms. The fraction of sp³-hybridized carbons (Fsp3) is 0.0476. The number of hydrazone groups is 1. The molecule has 0 radical (unpaired) electrons. The van der Waals surface area contributed by atoms with Gasteiger partial charge < -0.3 is 0 Å². The summed E-state index contributed by atoms with van der Waals surface area (Å²) in [4.78, 5) is 14.0. The van der Waals surface area contributed by atoms with Crippen LogP contribution in [-0.2, 0) is 4.79 Å². The number of hydrogen-bond donors (Lipinski definition) is 0. The SMILES string of the molecule is CC(=O)N(/N=C/c1ccccc1)c1ccc(Sc2ccc(Cl)cc2)c(Cl)c1. The predicted octanol–water partition coefficient (Wildman–Crippen LogP) is 6.53. The van der Waals surface area contributed by atoms with Crippen molar-refractivity contribution in [3.8, 4) is 0 Å². The van der Waals surface area contributed by atoms with E-state index >= 15 is 0 Å². The van der Waals surface area contributed by atoms with Crippen LogP contribution in [0.15, 0.2) is 87.7 Å². The lowest BCUT2D eigenvalue weighted by molar-refractivity contribution is -0.116. The number of benzene rings is 3. The van der Waals surface area contributed by atoms with Crippen LogP contribution in [0, 0.1) is 0 Å². The van der Waals surface area contributed by atoms with E-state index in [1.165, 1.54) is 23.7 Å². The van der Waals surface area contributed by atoms with Gasteiger partial charge in [0.25, 0.3) is 0 Å². The molecule has 0 N–H and O–H groups in total. The second kappa shape index (κ2) is 9.09. The Labute approximate surface area is 172 Å². The predicted molar refractivity (Wildman–Crippen MR) is 114 cm³/mol. The highest BCUT2D eigenvalue weighted by atomic mass is 35.5. The third-order valence-electron chi connectivity index (χ3n) is 3.62. The van der Waals surface area contributed by atoms with Crippen molar-refractivity contribution in [2.45, 2.75) is 16.7 Å². The number of amides is 1. The molecule has 3 rings (SSSR count). The zero-order valence-corrected chi connectivity index (χ0v) is 16.8. The van der Waals surface area contributed by atoms with E-state index in [1.807, 2.05) is 66.7 Å².